The Morgan fingerprint density at radius 1 is 1.03 bits per heavy atom. The third-order valence-corrected chi connectivity index (χ3v) is 11.8. The maximum absolute atomic E-state index is 13.7. The number of benzene rings is 2. The highest BCUT2D eigenvalue weighted by Crippen LogP contribution is 2.60. The average molecular weight is 540 g/mol. The van der Waals surface area contributed by atoms with Crippen molar-refractivity contribution in [1.82, 2.24) is 9.62 Å². The molecule has 38 heavy (non-hydrogen) atoms. The van der Waals surface area contributed by atoms with E-state index in [1.54, 1.807) is 30.3 Å². The molecule has 5 fully saturated rings. The van der Waals surface area contributed by atoms with Crippen LogP contribution in [0.2, 0.25) is 0 Å². The summed E-state index contributed by atoms with van der Waals surface area (Å²) in [4.78, 5) is 26.0. The van der Waals surface area contributed by atoms with E-state index in [1.165, 1.54) is 23.5 Å². The Kier molecular flexibility index (Phi) is 5.78. The monoisotopic (exact) mass is 539 g/mol. The molecular formula is C29H34FN3O4S. The first-order valence-corrected chi connectivity index (χ1v) is 14.9. The summed E-state index contributed by atoms with van der Waals surface area (Å²) in [6, 6.07) is 10.9. The molecule has 7 rings (SSSR count). The van der Waals surface area contributed by atoms with Crippen LogP contribution in [0.4, 0.5) is 4.39 Å². The number of likely N-dealkylation sites (N-methyl/N-ethyl adjacent to an activating group) is 1. The van der Waals surface area contributed by atoms with Crippen LogP contribution in [-0.2, 0) is 19.6 Å². The number of hydrogen-bond acceptors (Lipinski definition) is 4. The molecule has 0 radical (unpaired) electrons. The minimum atomic E-state index is -3.94. The summed E-state index contributed by atoms with van der Waals surface area (Å²) in [5.41, 5.74) is 6.64. The van der Waals surface area contributed by atoms with Gasteiger partial charge in [-0.15, -0.1) is 0 Å². The zero-order valence-electron chi connectivity index (χ0n) is 21.7. The number of carbonyl (C=O) groups is 2. The van der Waals surface area contributed by atoms with Crippen LogP contribution in [0.3, 0.4) is 0 Å². The lowest BCUT2D eigenvalue weighted by Gasteiger charge is -2.59. The van der Waals surface area contributed by atoms with Gasteiger partial charge in [0.2, 0.25) is 21.8 Å². The zero-order chi connectivity index (χ0) is 27.0. The minimum Gasteiger partial charge on any atom is -0.369 e. The van der Waals surface area contributed by atoms with Crippen LogP contribution < -0.4 is 11.1 Å². The molecule has 2 aromatic rings. The molecule has 0 spiro atoms. The summed E-state index contributed by atoms with van der Waals surface area (Å²) in [6.07, 6.45) is 5.19. The SMILES string of the molecule is Cc1cc(S(=O)(=O)N(C)C2(C(=O)NC3C4CC5CC3CC(C(N)=O)(C5)C4)CC2)ccc1-c1ccc(F)cc1. The second-order valence-electron chi connectivity index (χ2n) is 12.1. The highest BCUT2D eigenvalue weighted by molar-refractivity contribution is 7.89. The van der Waals surface area contributed by atoms with Gasteiger partial charge in [0.1, 0.15) is 11.4 Å². The predicted octanol–water partition coefficient (Wildman–Crippen LogP) is 3.75. The van der Waals surface area contributed by atoms with E-state index in [2.05, 4.69) is 5.32 Å². The van der Waals surface area contributed by atoms with Gasteiger partial charge in [-0.3, -0.25) is 9.59 Å². The minimum absolute atomic E-state index is 0.0441. The molecule has 2 atom stereocenters. The van der Waals surface area contributed by atoms with E-state index in [-0.39, 0.29) is 40.4 Å². The lowest BCUT2D eigenvalue weighted by molar-refractivity contribution is -0.148. The van der Waals surface area contributed by atoms with Crippen molar-refractivity contribution in [3.8, 4) is 11.1 Å². The standard InChI is InChI=1S/C29H34FN3O4S/c1-17-11-23(7-8-24(17)19-3-5-22(30)6-4-19)38(36,37)33(2)29(9-10-29)27(35)32-25-20-12-18-13-21(25)16-28(14-18,15-20)26(31)34/h3-8,11,18,20-21,25H,9-10,12-16H2,1-2H3,(H2,31,34)(H,32,35). The number of aryl methyl sites for hydroxylation is 1. The van der Waals surface area contributed by atoms with Gasteiger partial charge in [-0.2, -0.15) is 4.31 Å². The Hall–Kier alpha value is -2.78. The van der Waals surface area contributed by atoms with Crippen LogP contribution >= 0.6 is 0 Å². The van der Waals surface area contributed by atoms with E-state index >= 15 is 0 Å². The number of carbonyl (C=O) groups excluding carboxylic acids is 2. The smallest absolute Gasteiger partial charge is 0.243 e. The molecule has 2 aromatic carbocycles. The van der Waals surface area contributed by atoms with Crippen LogP contribution in [0, 0.1) is 35.9 Å². The number of rotatable bonds is 7. The number of hydrogen-bond donors (Lipinski definition) is 2. The molecule has 202 valence electrons. The predicted molar refractivity (Wildman–Crippen MR) is 141 cm³/mol. The van der Waals surface area contributed by atoms with E-state index in [0.29, 0.717) is 31.6 Å². The first kappa shape index (κ1) is 25.5. The molecule has 5 saturated carbocycles. The number of primary amides is 1. The van der Waals surface area contributed by atoms with Crippen molar-refractivity contribution in [2.45, 2.75) is 68.3 Å². The molecule has 4 bridgehead atoms. The van der Waals surface area contributed by atoms with E-state index in [4.69, 9.17) is 5.73 Å². The lowest BCUT2D eigenvalue weighted by Crippen LogP contribution is -2.64. The molecule has 9 heteroatoms. The van der Waals surface area contributed by atoms with Gasteiger partial charge in [0.05, 0.1) is 4.90 Å². The first-order chi connectivity index (χ1) is 17.9. The Bertz CT molecular complexity index is 1400. The second kappa shape index (κ2) is 8.61. The van der Waals surface area contributed by atoms with Gasteiger partial charge >= 0.3 is 0 Å². The molecule has 5 aliphatic rings. The van der Waals surface area contributed by atoms with Crippen molar-refractivity contribution in [2.24, 2.45) is 28.9 Å². The third kappa shape index (κ3) is 3.88. The van der Waals surface area contributed by atoms with Crippen LogP contribution in [-0.4, -0.2) is 43.2 Å². The van der Waals surface area contributed by atoms with Crippen molar-refractivity contribution in [2.75, 3.05) is 7.05 Å². The summed E-state index contributed by atoms with van der Waals surface area (Å²) in [5.74, 6) is 0.100. The topological polar surface area (TPSA) is 110 Å². The van der Waals surface area contributed by atoms with E-state index < -0.39 is 21.0 Å². The summed E-state index contributed by atoms with van der Waals surface area (Å²) in [7, 11) is -2.45. The third-order valence-electron chi connectivity index (χ3n) is 9.85. The number of nitrogens with one attached hydrogen (secondary N) is 1. The Balaban J connectivity index is 1.20. The van der Waals surface area contributed by atoms with Gasteiger partial charge in [0, 0.05) is 18.5 Å². The van der Waals surface area contributed by atoms with Crippen molar-refractivity contribution >= 4 is 21.8 Å². The maximum atomic E-state index is 13.7. The normalized spacial score (nSPS) is 30.8. The number of sulfonamides is 1. The fraction of sp³-hybridized carbons (Fsp3) is 0.517. The quantitative estimate of drug-likeness (QED) is 0.559. The highest BCUT2D eigenvalue weighted by Gasteiger charge is 2.61. The summed E-state index contributed by atoms with van der Waals surface area (Å²) in [5, 5.41) is 3.24. The van der Waals surface area contributed by atoms with Crippen molar-refractivity contribution < 1.29 is 22.4 Å². The zero-order valence-corrected chi connectivity index (χ0v) is 22.6. The molecule has 0 aromatic heterocycles. The Morgan fingerprint density at radius 2 is 1.66 bits per heavy atom. The molecule has 0 aliphatic heterocycles. The summed E-state index contributed by atoms with van der Waals surface area (Å²) >= 11 is 0. The fourth-order valence-electron chi connectivity index (χ4n) is 7.79. The van der Waals surface area contributed by atoms with E-state index in [1.807, 2.05) is 6.92 Å². The molecule has 7 nitrogen and oxygen atoms in total. The van der Waals surface area contributed by atoms with Crippen LogP contribution in [0.1, 0.15) is 50.5 Å². The van der Waals surface area contributed by atoms with Gasteiger partial charge in [-0.05, 0) is 111 Å². The molecule has 2 amide bonds. The molecule has 2 unspecified atom stereocenters. The van der Waals surface area contributed by atoms with Gasteiger partial charge in [-0.1, -0.05) is 18.2 Å². The Labute approximate surface area is 223 Å². The van der Waals surface area contributed by atoms with Gasteiger partial charge in [0.15, 0.2) is 0 Å². The molecule has 3 N–H and O–H groups in total. The Morgan fingerprint density at radius 3 is 2.21 bits per heavy atom. The summed E-state index contributed by atoms with van der Waals surface area (Å²) < 4.78 is 41.9. The molecule has 0 saturated heterocycles. The van der Waals surface area contributed by atoms with E-state index in [9.17, 15) is 22.4 Å². The fourth-order valence-corrected chi connectivity index (χ4v) is 9.40. The van der Waals surface area contributed by atoms with Gasteiger partial charge < -0.3 is 11.1 Å². The average Bonchev–Trinajstić information content (AvgIpc) is 3.68. The van der Waals surface area contributed by atoms with Crippen LogP contribution in [0.15, 0.2) is 47.4 Å². The number of nitrogens with zero attached hydrogens (tertiary/aromatic N) is 1. The highest BCUT2D eigenvalue weighted by atomic mass is 32.2. The van der Waals surface area contributed by atoms with Gasteiger partial charge in [0.25, 0.3) is 0 Å². The van der Waals surface area contributed by atoms with Crippen LogP contribution in [0.25, 0.3) is 11.1 Å². The van der Waals surface area contributed by atoms with Crippen molar-refractivity contribution in [1.29, 1.82) is 0 Å². The van der Waals surface area contributed by atoms with Crippen LogP contribution in [0.5, 0.6) is 0 Å². The molecular weight excluding hydrogens is 505 g/mol. The largest absolute Gasteiger partial charge is 0.369 e. The lowest BCUT2D eigenvalue weighted by atomic mass is 9.47. The van der Waals surface area contributed by atoms with Crippen molar-refractivity contribution in [3.05, 3.63) is 53.8 Å². The number of amides is 2. The summed E-state index contributed by atoms with van der Waals surface area (Å²) in [6.45, 7) is 1.82. The molecule has 5 aliphatic carbocycles. The first-order valence-electron chi connectivity index (χ1n) is 13.4. The number of halogens is 1. The van der Waals surface area contributed by atoms with Crippen molar-refractivity contribution in [3.63, 3.8) is 0 Å². The molecule has 0 heterocycles. The van der Waals surface area contributed by atoms with Gasteiger partial charge in [-0.25, -0.2) is 12.8 Å². The van der Waals surface area contributed by atoms with E-state index in [0.717, 1.165) is 36.0 Å². The second-order valence-corrected chi connectivity index (χ2v) is 14.1. The number of nitrogens with two attached hydrogens (primary N) is 1. The maximum Gasteiger partial charge on any atom is 0.243 e.